The number of ether oxygens (including phenoxy) is 1. The summed E-state index contributed by atoms with van der Waals surface area (Å²) < 4.78 is 5.00. The van der Waals surface area contributed by atoms with E-state index in [1.54, 1.807) is 36.4 Å². The number of nitrogens with one attached hydrogen (secondary N) is 1. The molecular weight excluding hydrogens is 292 g/mol. The number of carbonyl (C=O) groups is 2. The van der Waals surface area contributed by atoms with Crippen LogP contribution in [0.15, 0.2) is 42.5 Å². The summed E-state index contributed by atoms with van der Waals surface area (Å²) in [6.45, 7) is 3.44. The van der Waals surface area contributed by atoms with Gasteiger partial charge in [-0.1, -0.05) is 18.2 Å². The van der Waals surface area contributed by atoms with Gasteiger partial charge in [-0.2, -0.15) is 5.26 Å². The lowest BCUT2D eigenvalue weighted by Gasteiger charge is -2.08. The highest BCUT2D eigenvalue weighted by Gasteiger charge is 2.12. The Bertz CT molecular complexity index is 791. The highest BCUT2D eigenvalue weighted by molar-refractivity contribution is 5.96. The van der Waals surface area contributed by atoms with E-state index >= 15 is 0 Å². The second-order valence-electron chi connectivity index (χ2n) is 5.08. The van der Waals surface area contributed by atoms with Crippen molar-refractivity contribution >= 4 is 17.6 Å². The van der Waals surface area contributed by atoms with Gasteiger partial charge in [-0.25, -0.2) is 4.79 Å². The van der Waals surface area contributed by atoms with Gasteiger partial charge in [0.1, 0.15) is 6.07 Å². The van der Waals surface area contributed by atoms with Gasteiger partial charge in [0.15, 0.2) is 6.61 Å². The third kappa shape index (κ3) is 4.17. The van der Waals surface area contributed by atoms with Crippen LogP contribution in [-0.2, 0) is 9.53 Å². The molecule has 0 bridgehead atoms. The Balaban J connectivity index is 1.95. The molecule has 0 saturated carbocycles. The number of nitrogens with zero attached hydrogens (tertiary/aromatic N) is 1. The minimum atomic E-state index is -0.559. The zero-order valence-electron chi connectivity index (χ0n) is 12.9. The topological polar surface area (TPSA) is 79.2 Å². The number of anilines is 1. The quantitative estimate of drug-likeness (QED) is 0.881. The molecule has 0 aliphatic heterocycles. The van der Waals surface area contributed by atoms with Gasteiger partial charge in [0.2, 0.25) is 0 Å². The van der Waals surface area contributed by atoms with Crippen molar-refractivity contribution in [3.05, 3.63) is 64.7 Å². The number of nitriles is 1. The van der Waals surface area contributed by atoms with Gasteiger partial charge in [-0.3, -0.25) is 4.79 Å². The Morgan fingerprint density at radius 1 is 1.13 bits per heavy atom. The van der Waals surface area contributed by atoms with Crippen molar-refractivity contribution in [3.8, 4) is 6.07 Å². The highest BCUT2D eigenvalue weighted by Crippen LogP contribution is 2.14. The van der Waals surface area contributed by atoms with Gasteiger partial charge >= 0.3 is 5.97 Å². The van der Waals surface area contributed by atoms with Crippen LogP contribution in [0.25, 0.3) is 0 Å². The molecule has 5 heteroatoms. The molecule has 0 atom stereocenters. The monoisotopic (exact) mass is 308 g/mol. The maximum atomic E-state index is 11.9. The van der Waals surface area contributed by atoms with E-state index in [0.29, 0.717) is 16.8 Å². The average Bonchev–Trinajstić information content (AvgIpc) is 2.55. The second kappa shape index (κ2) is 7.23. The highest BCUT2D eigenvalue weighted by atomic mass is 16.5. The first-order valence-electron chi connectivity index (χ1n) is 7.04. The van der Waals surface area contributed by atoms with E-state index in [9.17, 15) is 9.59 Å². The molecule has 1 N–H and O–H groups in total. The smallest absolute Gasteiger partial charge is 0.338 e. The van der Waals surface area contributed by atoms with Crippen LogP contribution in [0, 0.1) is 25.2 Å². The predicted octanol–water partition coefficient (Wildman–Crippen LogP) is 2.97. The Morgan fingerprint density at radius 2 is 1.87 bits per heavy atom. The largest absolute Gasteiger partial charge is 0.452 e. The molecule has 0 saturated heterocycles. The number of hydrogen-bond acceptors (Lipinski definition) is 4. The fraction of sp³-hybridized carbons (Fsp3) is 0.167. The van der Waals surface area contributed by atoms with Crippen molar-refractivity contribution in [3.63, 3.8) is 0 Å². The van der Waals surface area contributed by atoms with Gasteiger partial charge in [0.05, 0.1) is 16.8 Å². The summed E-state index contributed by atoms with van der Waals surface area (Å²) in [5.74, 6) is -1.05. The van der Waals surface area contributed by atoms with E-state index in [1.165, 1.54) is 0 Å². The van der Waals surface area contributed by atoms with E-state index in [1.807, 2.05) is 26.0 Å². The SMILES string of the molecule is Cc1ccc(C(=O)OCC(=O)Nc2ccccc2C#N)cc1C. The number of benzene rings is 2. The van der Waals surface area contributed by atoms with Crippen molar-refractivity contribution in [2.45, 2.75) is 13.8 Å². The van der Waals surface area contributed by atoms with Crippen LogP contribution >= 0.6 is 0 Å². The summed E-state index contributed by atoms with van der Waals surface area (Å²) >= 11 is 0. The minimum Gasteiger partial charge on any atom is -0.452 e. The molecule has 2 aromatic carbocycles. The lowest BCUT2D eigenvalue weighted by Crippen LogP contribution is -2.21. The second-order valence-corrected chi connectivity index (χ2v) is 5.08. The summed E-state index contributed by atoms with van der Waals surface area (Å²) in [4.78, 5) is 23.8. The molecule has 0 radical (unpaired) electrons. The fourth-order valence-corrected chi connectivity index (χ4v) is 1.96. The van der Waals surface area contributed by atoms with Crippen LogP contribution < -0.4 is 5.32 Å². The Morgan fingerprint density at radius 3 is 2.57 bits per heavy atom. The molecule has 0 aromatic heterocycles. The van der Waals surface area contributed by atoms with E-state index in [4.69, 9.17) is 10.00 Å². The average molecular weight is 308 g/mol. The molecule has 0 heterocycles. The standard InChI is InChI=1S/C18H16N2O3/c1-12-7-8-14(9-13(12)2)18(22)23-11-17(21)20-16-6-4-3-5-15(16)10-19/h3-9H,11H2,1-2H3,(H,20,21). The van der Waals surface area contributed by atoms with E-state index in [-0.39, 0.29) is 0 Å². The molecule has 0 spiro atoms. The molecule has 23 heavy (non-hydrogen) atoms. The van der Waals surface area contributed by atoms with Crippen LogP contribution in [0.3, 0.4) is 0 Å². The summed E-state index contributed by atoms with van der Waals surface area (Å²) in [5, 5.41) is 11.5. The molecule has 0 fully saturated rings. The third-order valence-corrected chi connectivity index (χ3v) is 3.40. The molecule has 116 valence electrons. The Kier molecular flexibility index (Phi) is 5.11. The van der Waals surface area contributed by atoms with Crippen LogP contribution in [0.5, 0.6) is 0 Å². The van der Waals surface area contributed by atoms with Crippen LogP contribution in [-0.4, -0.2) is 18.5 Å². The summed E-state index contributed by atoms with van der Waals surface area (Å²) in [5.41, 5.74) is 3.20. The van der Waals surface area contributed by atoms with Crippen molar-refractivity contribution in [2.75, 3.05) is 11.9 Å². The Hall–Kier alpha value is -3.13. The lowest BCUT2D eigenvalue weighted by molar-refractivity contribution is -0.119. The molecule has 0 aliphatic carbocycles. The van der Waals surface area contributed by atoms with Crippen LogP contribution in [0.4, 0.5) is 5.69 Å². The zero-order valence-corrected chi connectivity index (χ0v) is 12.9. The van der Waals surface area contributed by atoms with Crippen molar-refractivity contribution in [2.24, 2.45) is 0 Å². The van der Waals surface area contributed by atoms with E-state index < -0.39 is 18.5 Å². The van der Waals surface area contributed by atoms with Crippen LogP contribution in [0.2, 0.25) is 0 Å². The normalized spacial score (nSPS) is 9.78. The van der Waals surface area contributed by atoms with E-state index in [0.717, 1.165) is 11.1 Å². The third-order valence-electron chi connectivity index (χ3n) is 3.40. The predicted molar refractivity (Wildman–Crippen MR) is 86.0 cm³/mol. The first-order chi connectivity index (χ1) is 11.0. The molecular formula is C18H16N2O3. The fourth-order valence-electron chi connectivity index (χ4n) is 1.96. The summed E-state index contributed by atoms with van der Waals surface area (Å²) in [6, 6.07) is 13.8. The molecule has 1 amide bonds. The van der Waals surface area contributed by atoms with Gasteiger partial charge in [0, 0.05) is 0 Å². The van der Waals surface area contributed by atoms with E-state index in [2.05, 4.69) is 5.32 Å². The van der Waals surface area contributed by atoms with Gasteiger partial charge in [-0.05, 0) is 49.2 Å². The zero-order chi connectivity index (χ0) is 16.8. The number of amides is 1. The van der Waals surface area contributed by atoms with Crippen LogP contribution in [0.1, 0.15) is 27.0 Å². The van der Waals surface area contributed by atoms with Crippen molar-refractivity contribution in [1.29, 1.82) is 5.26 Å². The maximum Gasteiger partial charge on any atom is 0.338 e. The number of aryl methyl sites for hydroxylation is 2. The molecule has 2 rings (SSSR count). The summed E-state index contributed by atoms with van der Waals surface area (Å²) in [6.07, 6.45) is 0. The number of carbonyl (C=O) groups excluding carboxylic acids is 2. The lowest BCUT2D eigenvalue weighted by atomic mass is 10.1. The van der Waals surface area contributed by atoms with Gasteiger partial charge in [0.25, 0.3) is 5.91 Å². The number of hydrogen-bond donors (Lipinski definition) is 1. The maximum absolute atomic E-state index is 11.9. The molecule has 0 aliphatic rings. The molecule has 2 aromatic rings. The number of rotatable bonds is 4. The first-order valence-corrected chi connectivity index (χ1v) is 7.04. The number of esters is 1. The summed E-state index contributed by atoms with van der Waals surface area (Å²) in [7, 11) is 0. The molecule has 5 nitrogen and oxygen atoms in total. The minimum absolute atomic E-state index is 0.348. The van der Waals surface area contributed by atoms with Crippen molar-refractivity contribution < 1.29 is 14.3 Å². The van der Waals surface area contributed by atoms with Gasteiger partial charge < -0.3 is 10.1 Å². The Labute approximate surface area is 134 Å². The first kappa shape index (κ1) is 16.2. The van der Waals surface area contributed by atoms with Gasteiger partial charge in [-0.15, -0.1) is 0 Å². The number of para-hydroxylation sites is 1. The molecule has 0 unspecified atom stereocenters. The van der Waals surface area contributed by atoms with Crippen molar-refractivity contribution in [1.82, 2.24) is 0 Å².